The fourth-order valence-corrected chi connectivity index (χ4v) is 15.1. The topological polar surface area (TPSA) is 0 Å². The van der Waals surface area contributed by atoms with Crippen molar-refractivity contribution in [1.29, 1.82) is 0 Å². The summed E-state index contributed by atoms with van der Waals surface area (Å²) in [4.78, 5) is 0. The van der Waals surface area contributed by atoms with Crippen LogP contribution in [-0.4, -0.2) is 24.2 Å². The third-order valence-electron chi connectivity index (χ3n) is 8.73. The molecule has 0 fully saturated rings. The number of rotatable bonds is 6. The second-order valence-electron chi connectivity index (χ2n) is 13.1. The Bertz CT molecular complexity index is 1250. The summed E-state index contributed by atoms with van der Waals surface area (Å²) in [6.45, 7) is 24.6. The molecule has 4 rings (SSSR count). The van der Waals surface area contributed by atoms with E-state index in [9.17, 15) is 0 Å². The van der Waals surface area contributed by atoms with Crippen LogP contribution in [-0.2, 0) is 0 Å². The quantitative estimate of drug-likeness (QED) is 0.262. The van der Waals surface area contributed by atoms with Crippen molar-refractivity contribution < 1.29 is 0 Å². The molecule has 0 aromatic heterocycles. The summed E-state index contributed by atoms with van der Waals surface area (Å²) in [7, 11) is -5.66. The Balaban J connectivity index is 2.27. The molecule has 1 aliphatic rings. The average Bonchev–Trinajstić information content (AvgIpc) is 3.03. The van der Waals surface area contributed by atoms with Gasteiger partial charge in [0.1, 0.15) is 0 Å². The molecule has 0 bridgehead atoms. The van der Waals surface area contributed by atoms with Crippen LogP contribution < -0.4 is 25.9 Å². The zero-order valence-electron chi connectivity index (χ0n) is 24.1. The van der Waals surface area contributed by atoms with Gasteiger partial charge in [0, 0.05) is 5.04 Å². The first-order valence-electron chi connectivity index (χ1n) is 13.4. The Morgan fingerprint density at radius 1 is 0.528 bits per heavy atom. The van der Waals surface area contributed by atoms with Crippen molar-refractivity contribution in [3.63, 3.8) is 0 Å². The van der Waals surface area contributed by atoms with E-state index < -0.39 is 24.2 Å². The van der Waals surface area contributed by atoms with Gasteiger partial charge in [-0.25, -0.2) is 0 Å². The highest BCUT2D eigenvalue weighted by molar-refractivity contribution is 7.14. The Morgan fingerprint density at radius 3 is 1.25 bits per heavy atom. The smallest absolute Gasteiger partial charge is 0.0730 e. The van der Waals surface area contributed by atoms with Gasteiger partial charge in [0.2, 0.25) is 0 Å². The van der Waals surface area contributed by atoms with Gasteiger partial charge in [-0.3, -0.25) is 0 Å². The fourth-order valence-electron chi connectivity index (χ4n) is 6.21. The van der Waals surface area contributed by atoms with Crippen LogP contribution in [0.2, 0.25) is 44.3 Å². The Hall–Kier alpha value is -2.21. The minimum absolute atomic E-state index is 0.0569. The molecule has 0 amide bonds. The van der Waals surface area contributed by atoms with Gasteiger partial charge in [-0.05, 0) is 41.9 Å². The van der Waals surface area contributed by atoms with Crippen molar-refractivity contribution >= 4 is 50.2 Å². The summed E-state index contributed by atoms with van der Waals surface area (Å²) in [6.07, 6.45) is 2.62. The van der Waals surface area contributed by atoms with E-state index in [-0.39, 0.29) is 5.04 Å². The summed E-state index contributed by atoms with van der Waals surface area (Å²) in [6, 6.07) is 30.9. The lowest BCUT2D eigenvalue weighted by molar-refractivity contribution is 0.870. The second kappa shape index (κ2) is 9.27. The molecule has 3 heteroatoms. The van der Waals surface area contributed by atoms with Crippen molar-refractivity contribution in [1.82, 2.24) is 0 Å². The zero-order chi connectivity index (χ0) is 26.5. The Labute approximate surface area is 223 Å². The number of benzene rings is 3. The van der Waals surface area contributed by atoms with Crippen LogP contribution in [0.15, 0.2) is 102 Å². The summed E-state index contributed by atoms with van der Waals surface area (Å²) < 4.78 is 0. The maximum Gasteiger partial charge on any atom is 0.161 e. The van der Waals surface area contributed by atoms with Gasteiger partial charge in [-0.15, -0.1) is 0 Å². The van der Waals surface area contributed by atoms with Gasteiger partial charge in [0.25, 0.3) is 0 Å². The van der Waals surface area contributed by atoms with E-state index in [0.29, 0.717) is 0 Å². The normalized spacial score (nSPS) is 19.0. The molecule has 0 N–H and O–H groups in total. The van der Waals surface area contributed by atoms with E-state index in [1.807, 2.05) is 0 Å². The highest BCUT2D eigenvalue weighted by Gasteiger charge is 2.56. The lowest BCUT2D eigenvalue weighted by Gasteiger charge is -2.47. The first kappa shape index (κ1) is 26.8. The molecule has 0 radical (unpaired) electrons. The van der Waals surface area contributed by atoms with Crippen molar-refractivity contribution in [2.75, 3.05) is 0 Å². The summed E-state index contributed by atoms with van der Waals surface area (Å²) in [5, 5.41) is 7.73. The molecule has 0 saturated carbocycles. The van der Waals surface area contributed by atoms with Gasteiger partial charge in [0.15, 0.2) is 8.07 Å². The predicted molar refractivity (Wildman–Crippen MR) is 170 cm³/mol. The summed E-state index contributed by atoms with van der Waals surface area (Å²) in [5.74, 6) is 0. The van der Waals surface area contributed by atoms with Crippen LogP contribution in [0.5, 0.6) is 0 Å². The van der Waals surface area contributed by atoms with Crippen LogP contribution >= 0.6 is 0 Å². The van der Waals surface area contributed by atoms with Gasteiger partial charge in [-0.1, -0.05) is 153 Å². The Morgan fingerprint density at radius 2 is 0.917 bits per heavy atom. The fraction of sp³-hybridized carbons (Fsp3) is 0.333. The van der Waals surface area contributed by atoms with Gasteiger partial charge < -0.3 is 0 Å². The lowest BCUT2D eigenvalue weighted by atomic mass is 10.0. The average molecular weight is 525 g/mol. The zero-order valence-corrected chi connectivity index (χ0v) is 27.1. The van der Waals surface area contributed by atoms with Gasteiger partial charge in [-0.2, -0.15) is 0 Å². The van der Waals surface area contributed by atoms with E-state index >= 15 is 0 Å². The second-order valence-corrected chi connectivity index (χ2v) is 27.5. The predicted octanol–water partition coefficient (Wildman–Crippen LogP) is 6.30. The molecular weight excluding hydrogens is 481 g/mol. The molecule has 1 unspecified atom stereocenters. The largest absolute Gasteiger partial charge is 0.161 e. The third-order valence-corrected chi connectivity index (χ3v) is 18.4. The van der Waals surface area contributed by atoms with E-state index in [4.69, 9.17) is 0 Å². The SMILES string of the molecule is CC1=CC(C)([Si](c2ccccc2)(c2ccccc2)c2cc([Si](C)(C)C)cc([Si](C)(C)C)c2)C(C)=C1C. The molecule has 36 heavy (non-hydrogen) atoms. The van der Waals surface area contributed by atoms with E-state index in [1.54, 1.807) is 15.6 Å². The lowest BCUT2D eigenvalue weighted by Crippen LogP contribution is -2.74. The molecule has 3 aromatic rings. The number of hydrogen-bond donors (Lipinski definition) is 0. The maximum atomic E-state index is 2.65. The van der Waals surface area contributed by atoms with Crippen LogP contribution in [0.25, 0.3) is 0 Å². The van der Waals surface area contributed by atoms with Crippen LogP contribution in [0.1, 0.15) is 27.7 Å². The molecule has 0 saturated heterocycles. The minimum atomic E-state index is -2.57. The summed E-state index contributed by atoms with van der Waals surface area (Å²) >= 11 is 0. The number of hydrogen-bond acceptors (Lipinski definition) is 0. The standard InChI is InChI=1S/C33H44Si3/c1-25-24-33(4,27(3)26(25)2)36(28-17-13-11-14-18-28,29-19-15-12-16-20-29)32-22-30(34(5,6)7)21-31(23-32)35(8,9)10/h11-24H,1-10H3. The third kappa shape index (κ3) is 4.29. The molecule has 0 aliphatic heterocycles. The monoisotopic (exact) mass is 524 g/mol. The highest BCUT2D eigenvalue weighted by Crippen LogP contribution is 2.52. The van der Waals surface area contributed by atoms with Crippen molar-refractivity contribution in [3.05, 3.63) is 102 Å². The molecule has 0 heterocycles. The Kier molecular flexibility index (Phi) is 6.91. The van der Waals surface area contributed by atoms with Crippen molar-refractivity contribution in [2.45, 2.75) is 72.0 Å². The van der Waals surface area contributed by atoms with Crippen molar-refractivity contribution in [3.8, 4) is 0 Å². The molecule has 0 nitrogen and oxygen atoms in total. The molecule has 1 aliphatic carbocycles. The maximum absolute atomic E-state index is 2.65. The van der Waals surface area contributed by atoms with Crippen LogP contribution in [0.4, 0.5) is 0 Å². The molecular formula is C33H44Si3. The van der Waals surface area contributed by atoms with Crippen LogP contribution in [0, 0.1) is 0 Å². The number of allylic oxidation sites excluding steroid dienone is 4. The summed E-state index contributed by atoms with van der Waals surface area (Å²) in [5.41, 5.74) is 4.44. The highest BCUT2D eigenvalue weighted by atomic mass is 28.3. The van der Waals surface area contributed by atoms with E-state index in [1.165, 1.54) is 27.1 Å². The molecule has 3 aromatic carbocycles. The van der Waals surface area contributed by atoms with Gasteiger partial charge in [0.05, 0.1) is 16.1 Å². The molecule has 1 atom stereocenters. The minimum Gasteiger partial charge on any atom is -0.0730 e. The molecule has 188 valence electrons. The molecule has 0 spiro atoms. The first-order valence-corrected chi connectivity index (χ1v) is 22.4. The van der Waals surface area contributed by atoms with Crippen molar-refractivity contribution in [2.24, 2.45) is 0 Å². The van der Waals surface area contributed by atoms with E-state index in [2.05, 4.69) is 152 Å². The van der Waals surface area contributed by atoms with Gasteiger partial charge >= 0.3 is 0 Å². The van der Waals surface area contributed by atoms with Crippen LogP contribution in [0.3, 0.4) is 0 Å². The first-order chi connectivity index (χ1) is 16.7. The van der Waals surface area contributed by atoms with E-state index in [0.717, 1.165) is 0 Å².